The highest BCUT2D eigenvalue weighted by Crippen LogP contribution is 2.40. The SMILES string of the molecule is C=CC12CCCN1CC(F)C2. The van der Waals surface area contributed by atoms with Crippen molar-refractivity contribution in [1.82, 2.24) is 4.90 Å². The van der Waals surface area contributed by atoms with E-state index in [-0.39, 0.29) is 5.54 Å². The molecule has 2 heterocycles. The van der Waals surface area contributed by atoms with Gasteiger partial charge in [0, 0.05) is 18.5 Å². The van der Waals surface area contributed by atoms with E-state index in [1.54, 1.807) is 0 Å². The smallest absolute Gasteiger partial charge is 0.115 e. The first-order chi connectivity index (χ1) is 5.27. The van der Waals surface area contributed by atoms with E-state index in [0.717, 1.165) is 13.0 Å². The van der Waals surface area contributed by atoms with Gasteiger partial charge in [-0.2, -0.15) is 0 Å². The summed E-state index contributed by atoms with van der Waals surface area (Å²) < 4.78 is 13.0. The molecular formula is C9H14FN. The van der Waals surface area contributed by atoms with E-state index in [1.165, 1.54) is 6.42 Å². The molecule has 0 aliphatic carbocycles. The average molecular weight is 155 g/mol. The molecule has 2 fully saturated rings. The Morgan fingerprint density at radius 3 is 3.09 bits per heavy atom. The van der Waals surface area contributed by atoms with Crippen LogP contribution in [0.2, 0.25) is 0 Å². The number of hydrogen-bond acceptors (Lipinski definition) is 1. The van der Waals surface area contributed by atoms with Crippen LogP contribution in [0.5, 0.6) is 0 Å². The van der Waals surface area contributed by atoms with E-state index in [9.17, 15) is 4.39 Å². The summed E-state index contributed by atoms with van der Waals surface area (Å²) in [6, 6.07) is 0. The zero-order chi connectivity index (χ0) is 7.90. The molecule has 2 unspecified atom stereocenters. The Balaban J connectivity index is 2.21. The maximum atomic E-state index is 13.0. The third-order valence-corrected chi connectivity index (χ3v) is 3.04. The molecule has 0 aromatic carbocycles. The maximum absolute atomic E-state index is 13.0. The van der Waals surface area contributed by atoms with Gasteiger partial charge in [-0.05, 0) is 19.4 Å². The summed E-state index contributed by atoms with van der Waals surface area (Å²) in [5.74, 6) is 0. The van der Waals surface area contributed by atoms with Crippen molar-refractivity contribution in [2.75, 3.05) is 13.1 Å². The molecule has 0 bridgehead atoms. The summed E-state index contributed by atoms with van der Waals surface area (Å²) in [6.45, 7) is 5.50. The van der Waals surface area contributed by atoms with Gasteiger partial charge in [0.25, 0.3) is 0 Å². The third kappa shape index (κ3) is 0.924. The Morgan fingerprint density at radius 1 is 1.64 bits per heavy atom. The Labute approximate surface area is 66.9 Å². The predicted octanol–water partition coefficient (Wildman–Crippen LogP) is 1.75. The fourth-order valence-electron chi connectivity index (χ4n) is 2.46. The van der Waals surface area contributed by atoms with E-state index in [4.69, 9.17) is 0 Å². The minimum Gasteiger partial charge on any atom is -0.291 e. The number of alkyl halides is 1. The van der Waals surface area contributed by atoms with Gasteiger partial charge in [0.05, 0.1) is 0 Å². The molecule has 2 aliphatic rings. The topological polar surface area (TPSA) is 3.24 Å². The Morgan fingerprint density at radius 2 is 2.45 bits per heavy atom. The average Bonchev–Trinajstić information content (AvgIpc) is 2.43. The molecule has 0 amide bonds. The maximum Gasteiger partial charge on any atom is 0.115 e. The van der Waals surface area contributed by atoms with E-state index < -0.39 is 6.17 Å². The molecule has 0 saturated carbocycles. The summed E-state index contributed by atoms with van der Waals surface area (Å²) in [5.41, 5.74) is 0.0411. The number of nitrogens with zero attached hydrogens (tertiary/aromatic N) is 1. The molecule has 2 saturated heterocycles. The lowest BCUT2D eigenvalue weighted by atomic mass is 9.94. The van der Waals surface area contributed by atoms with Gasteiger partial charge in [-0.25, -0.2) is 4.39 Å². The standard InChI is InChI=1S/C9H14FN/c1-2-9-4-3-5-11(9)7-8(10)6-9/h2,8H,1,3-7H2. The number of fused-ring (bicyclic) bond motifs is 1. The Bertz CT molecular complexity index is 180. The third-order valence-electron chi connectivity index (χ3n) is 3.04. The van der Waals surface area contributed by atoms with Crippen LogP contribution in [0.15, 0.2) is 12.7 Å². The van der Waals surface area contributed by atoms with Crippen molar-refractivity contribution in [2.45, 2.75) is 31.0 Å². The molecule has 0 spiro atoms. The lowest BCUT2D eigenvalue weighted by Gasteiger charge is -2.27. The van der Waals surface area contributed by atoms with Crippen LogP contribution in [0, 0.1) is 0 Å². The summed E-state index contributed by atoms with van der Waals surface area (Å²) >= 11 is 0. The minimum atomic E-state index is -0.617. The minimum absolute atomic E-state index is 0.0411. The lowest BCUT2D eigenvalue weighted by molar-refractivity contribution is 0.247. The highest BCUT2D eigenvalue weighted by Gasteiger charge is 2.46. The number of hydrogen-bond donors (Lipinski definition) is 0. The van der Waals surface area contributed by atoms with Gasteiger partial charge in [0.15, 0.2) is 0 Å². The quantitative estimate of drug-likeness (QED) is 0.521. The number of halogens is 1. The van der Waals surface area contributed by atoms with Crippen molar-refractivity contribution in [1.29, 1.82) is 0 Å². The fraction of sp³-hybridized carbons (Fsp3) is 0.778. The second-order valence-corrected chi connectivity index (χ2v) is 3.66. The van der Waals surface area contributed by atoms with Gasteiger partial charge in [-0.15, -0.1) is 6.58 Å². The van der Waals surface area contributed by atoms with Gasteiger partial charge in [-0.3, -0.25) is 4.90 Å². The molecule has 2 atom stereocenters. The van der Waals surface area contributed by atoms with Crippen molar-refractivity contribution >= 4 is 0 Å². The monoisotopic (exact) mass is 155 g/mol. The van der Waals surface area contributed by atoms with Crippen LogP contribution < -0.4 is 0 Å². The summed E-state index contributed by atoms with van der Waals surface area (Å²) in [6.07, 6.45) is 4.32. The van der Waals surface area contributed by atoms with Gasteiger partial charge in [0.2, 0.25) is 0 Å². The first-order valence-corrected chi connectivity index (χ1v) is 4.29. The highest BCUT2D eigenvalue weighted by atomic mass is 19.1. The summed E-state index contributed by atoms with van der Waals surface area (Å²) in [4.78, 5) is 2.24. The van der Waals surface area contributed by atoms with Gasteiger partial charge >= 0.3 is 0 Å². The molecule has 2 aliphatic heterocycles. The Hall–Kier alpha value is -0.370. The van der Waals surface area contributed by atoms with Crippen LogP contribution in [-0.2, 0) is 0 Å². The molecule has 62 valence electrons. The molecule has 11 heavy (non-hydrogen) atoms. The largest absolute Gasteiger partial charge is 0.291 e. The summed E-state index contributed by atoms with van der Waals surface area (Å²) in [5, 5.41) is 0. The second kappa shape index (κ2) is 2.31. The second-order valence-electron chi connectivity index (χ2n) is 3.66. The summed E-state index contributed by atoms with van der Waals surface area (Å²) in [7, 11) is 0. The predicted molar refractivity (Wildman–Crippen MR) is 43.2 cm³/mol. The van der Waals surface area contributed by atoms with Crippen molar-refractivity contribution in [3.05, 3.63) is 12.7 Å². The van der Waals surface area contributed by atoms with Crippen molar-refractivity contribution < 1.29 is 4.39 Å². The van der Waals surface area contributed by atoms with Crippen LogP contribution in [0.3, 0.4) is 0 Å². The van der Waals surface area contributed by atoms with Crippen LogP contribution >= 0.6 is 0 Å². The zero-order valence-corrected chi connectivity index (χ0v) is 6.72. The van der Waals surface area contributed by atoms with Crippen LogP contribution in [0.4, 0.5) is 4.39 Å². The molecule has 0 aromatic rings. The first-order valence-electron chi connectivity index (χ1n) is 4.29. The highest BCUT2D eigenvalue weighted by molar-refractivity contribution is 5.13. The van der Waals surface area contributed by atoms with Gasteiger partial charge < -0.3 is 0 Å². The van der Waals surface area contributed by atoms with Crippen LogP contribution in [0.25, 0.3) is 0 Å². The molecule has 2 heteroatoms. The number of rotatable bonds is 1. The molecule has 0 aromatic heterocycles. The van der Waals surface area contributed by atoms with E-state index in [1.807, 2.05) is 6.08 Å². The molecular weight excluding hydrogens is 141 g/mol. The first kappa shape index (κ1) is 7.29. The Kier molecular flexibility index (Phi) is 1.53. The lowest BCUT2D eigenvalue weighted by Crippen LogP contribution is -2.35. The van der Waals surface area contributed by atoms with Crippen LogP contribution in [0.1, 0.15) is 19.3 Å². The van der Waals surface area contributed by atoms with Crippen molar-refractivity contribution in [3.8, 4) is 0 Å². The zero-order valence-electron chi connectivity index (χ0n) is 6.72. The molecule has 2 rings (SSSR count). The van der Waals surface area contributed by atoms with Crippen molar-refractivity contribution in [2.24, 2.45) is 0 Å². The molecule has 0 radical (unpaired) electrons. The van der Waals surface area contributed by atoms with Crippen molar-refractivity contribution in [3.63, 3.8) is 0 Å². The molecule has 0 N–H and O–H groups in total. The van der Waals surface area contributed by atoms with Gasteiger partial charge in [-0.1, -0.05) is 6.08 Å². The normalized spacial score (nSPS) is 44.3. The fourth-order valence-corrected chi connectivity index (χ4v) is 2.46. The molecule has 1 nitrogen and oxygen atoms in total. The van der Waals surface area contributed by atoms with E-state index in [2.05, 4.69) is 11.5 Å². The van der Waals surface area contributed by atoms with E-state index >= 15 is 0 Å². The van der Waals surface area contributed by atoms with E-state index in [0.29, 0.717) is 13.0 Å². The van der Waals surface area contributed by atoms with Crippen LogP contribution in [-0.4, -0.2) is 29.7 Å². The van der Waals surface area contributed by atoms with Gasteiger partial charge in [0.1, 0.15) is 6.17 Å².